The first-order valence-corrected chi connectivity index (χ1v) is 7.32. The predicted octanol–water partition coefficient (Wildman–Crippen LogP) is 1.14. The Kier molecular flexibility index (Phi) is 2.79. The molecule has 1 fully saturated rings. The Bertz CT molecular complexity index is 534. The van der Waals surface area contributed by atoms with Gasteiger partial charge in [0, 0.05) is 38.7 Å². The number of aryl methyl sites for hydroxylation is 1. The summed E-state index contributed by atoms with van der Waals surface area (Å²) in [5, 5.41) is 0. The molecule has 0 bridgehead atoms. The molecule has 1 saturated heterocycles. The molecule has 108 valence electrons. The van der Waals surface area contributed by atoms with Crippen molar-refractivity contribution >= 4 is 0 Å². The Labute approximate surface area is 118 Å². The van der Waals surface area contributed by atoms with Crippen molar-refractivity contribution in [2.45, 2.75) is 24.9 Å². The van der Waals surface area contributed by atoms with Gasteiger partial charge in [-0.25, -0.2) is 0 Å². The third kappa shape index (κ3) is 1.93. The van der Waals surface area contributed by atoms with E-state index in [1.807, 2.05) is 6.07 Å². The van der Waals surface area contributed by atoms with E-state index in [4.69, 9.17) is 19.9 Å². The Morgan fingerprint density at radius 1 is 1.15 bits per heavy atom. The highest BCUT2D eigenvalue weighted by Crippen LogP contribution is 2.44. The summed E-state index contributed by atoms with van der Waals surface area (Å²) in [5.41, 5.74) is 6.85. The van der Waals surface area contributed by atoms with Gasteiger partial charge in [0.2, 0.25) is 6.79 Å². The molecule has 1 aromatic rings. The number of likely N-dealkylation sites (tertiary alicyclic amines) is 1. The van der Waals surface area contributed by atoms with Crippen LogP contribution in [0.15, 0.2) is 12.1 Å². The van der Waals surface area contributed by atoms with Crippen molar-refractivity contribution in [3.8, 4) is 17.2 Å². The summed E-state index contributed by atoms with van der Waals surface area (Å²) in [4.78, 5) is 2.40. The number of nitrogens with two attached hydrogens (primary N) is 1. The van der Waals surface area contributed by atoms with Gasteiger partial charge in [-0.15, -0.1) is 0 Å². The largest absolute Gasteiger partial charge is 0.485 e. The molecule has 3 aliphatic heterocycles. The fourth-order valence-corrected chi connectivity index (χ4v) is 3.49. The van der Waals surface area contributed by atoms with E-state index in [0.717, 1.165) is 56.1 Å². The van der Waals surface area contributed by atoms with Gasteiger partial charge in [-0.3, -0.25) is 4.90 Å². The average molecular weight is 276 g/mol. The normalized spacial score (nSPS) is 27.6. The number of fused-ring (bicyclic) bond motifs is 2. The predicted molar refractivity (Wildman–Crippen MR) is 74.4 cm³/mol. The first kappa shape index (κ1) is 12.3. The lowest BCUT2D eigenvalue weighted by molar-refractivity contribution is 0.0547. The highest BCUT2D eigenvalue weighted by atomic mass is 16.7. The Balaban J connectivity index is 1.58. The average Bonchev–Trinajstić information content (AvgIpc) is 3.04. The van der Waals surface area contributed by atoms with Crippen LogP contribution in [-0.2, 0) is 6.42 Å². The van der Waals surface area contributed by atoms with Crippen LogP contribution < -0.4 is 19.9 Å². The van der Waals surface area contributed by atoms with Gasteiger partial charge in [0.05, 0.1) is 0 Å². The third-order valence-corrected chi connectivity index (χ3v) is 4.57. The van der Waals surface area contributed by atoms with Crippen LogP contribution in [0.2, 0.25) is 0 Å². The van der Waals surface area contributed by atoms with Crippen LogP contribution in [0.3, 0.4) is 0 Å². The zero-order valence-corrected chi connectivity index (χ0v) is 11.6. The molecule has 1 atom stereocenters. The third-order valence-electron chi connectivity index (χ3n) is 4.57. The molecule has 1 aromatic carbocycles. The van der Waals surface area contributed by atoms with Gasteiger partial charge >= 0.3 is 0 Å². The van der Waals surface area contributed by atoms with Crippen molar-refractivity contribution in [3.05, 3.63) is 17.7 Å². The minimum atomic E-state index is -0.0319. The molecule has 0 amide bonds. The van der Waals surface area contributed by atoms with Gasteiger partial charge in [0.1, 0.15) is 11.4 Å². The number of ether oxygens (including phenoxy) is 3. The number of hydrogen-bond acceptors (Lipinski definition) is 5. The first-order chi connectivity index (χ1) is 9.78. The molecule has 1 spiro atoms. The van der Waals surface area contributed by atoms with E-state index in [-0.39, 0.29) is 5.60 Å². The van der Waals surface area contributed by atoms with E-state index in [9.17, 15) is 0 Å². The molecule has 2 N–H and O–H groups in total. The summed E-state index contributed by atoms with van der Waals surface area (Å²) in [6.07, 6.45) is 3.20. The summed E-state index contributed by atoms with van der Waals surface area (Å²) < 4.78 is 17.2. The molecule has 4 rings (SSSR count). The van der Waals surface area contributed by atoms with Crippen LogP contribution in [-0.4, -0.2) is 43.5 Å². The van der Waals surface area contributed by atoms with E-state index in [0.29, 0.717) is 13.3 Å². The highest BCUT2D eigenvalue weighted by Gasteiger charge is 2.42. The minimum Gasteiger partial charge on any atom is -0.485 e. The van der Waals surface area contributed by atoms with Crippen LogP contribution in [0.25, 0.3) is 0 Å². The fourth-order valence-electron chi connectivity index (χ4n) is 3.49. The van der Waals surface area contributed by atoms with E-state index < -0.39 is 0 Å². The molecular formula is C15H20N2O3. The molecule has 1 unspecified atom stereocenters. The van der Waals surface area contributed by atoms with E-state index >= 15 is 0 Å². The number of rotatable bonds is 2. The zero-order valence-electron chi connectivity index (χ0n) is 11.6. The van der Waals surface area contributed by atoms with E-state index in [2.05, 4.69) is 11.0 Å². The second-order valence-corrected chi connectivity index (χ2v) is 5.91. The second-order valence-electron chi connectivity index (χ2n) is 5.91. The molecule has 0 aromatic heterocycles. The minimum absolute atomic E-state index is 0.0319. The van der Waals surface area contributed by atoms with Crippen LogP contribution >= 0.6 is 0 Å². The van der Waals surface area contributed by atoms with E-state index in [1.165, 1.54) is 5.56 Å². The Morgan fingerprint density at radius 2 is 2.00 bits per heavy atom. The van der Waals surface area contributed by atoms with Crippen molar-refractivity contribution in [2.24, 2.45) is 5.73 Å². The summed E-state index contributed by atoms with van der Waals surface area (Å²) in [7, 11) is 0. The number of benzene rings is 1. The lowest BCUT2D eigenvalue weighted by atomic mass is 9.90. The lowest BCUT2D eigenvalue weighted by Gasteiger charge is -2.35. The molecule has 0 radical (unpaired) electrons. The monoisotopic (exact) mass is 276 g/mol. The van der Waals surface area contributed by atoms with Crippen LogP contribution in [0.4, 0.5) is 0 Å². The van der Waals surface area contributed by atoms with Gasteiger partial charge in [0.25, 0.3) is 0 Å². The molecule has 3 heterocycles. The molecule has 0 aliphatic carbocycles. The van der Waals surface area contributed by atoms with Gasteiger partial charge in [-0.1, -0.05) is 0 Å². The van der Waals surface area contributed by atoms with Gasteiger partial charge in [-0.2, -0.15) is 0 Å². The number of hydrogen-bond donors (Lipinski definition) is 1. The Morgan fingerprint density at radius 3 is 2.85 bits per heavy atom. The lowest BCUT2D eigenvalue weighted by Crippen LogP contribution is -2.42. The Hall–Kier alpha value is -1.46. The standard InChI is InChI=1S/C15H20N2O3/c16-4-6-17-5-3-15(9-17)2-1-11-7-13-14(19-10-18-13)8-12(11)20-15/h7-8H,1-6,9-10,16H2. The smallest absolute Gasteiger partial charge is 0.231 e. The maximum atomic E-state index is 6.36. The molecule has 0 saturated carbocycles. The van der Waals surface area contributed by atoms with Gasteiger partial charge in [0.15, 0.2) is 11.5 Å². The summed E-state index contributed by atoms with van der Waals surface area (Å²) in [6.45, 7) is 4.05. The van der Waals surface area contributed by atoms with E-state index in [1.54, 1.807) is 0 Å². The summed E-state index contributed by atoms with van der Waals surface area (Å²) in [6, 6.07) is 4.06. The second kappa shape index (κ2) is 4.53. The van der Waals surface area contributed by atoms with Crippen molar-refractivity contribution in [1.29, 1.82) is 0 Å². The van der Waals surface area contributed by atoms with Crippen LogP contribution in [0.5, 0.6) is 17.2 Å². The molecule has 3 aliphatic rings. The molecule has 20 heavy (non-hydrogen) atoms. The van der Waals surface area contributed by atoms with Gasteiger partial charge < -0.3 is 19.9 Å². The van der Waals surface area contributed by atoms with Crippen molar-refractivity contribution in [1.82, 2.24) is 4.90 Å². The first-order valence-electron chi connectivity index (χ1n) is 7.32. The van der Waals surface area contributed by atoms with Crippen LogP contribution in [0.1, 0.15) is 18.4 Å². The SMILES string of the molecule is NCCN1CCC2(CCc3cc4c(cc3O2)OCO4)C1. The maximum absolute atomic E-state index is 6.36. The van der Waals surface area contributed by atoms with Crippen molar-refractivity contribution < 1.29 is 14.2 Å². The summed E-state index contributed by atoms with van der Waals surface area (Å²) >= 11 is 0. The van der Waals surface area contributed by atoms with Gasteiger partial charge in [-0.05, 0) is 24.5 Å². The molecular weight excluding hydrogens is 256 g/mol. The molecule has 5 heteroatoms. The molecule has 5 nitrogen and oxygen atoms in total. The highest BCUT2D eigenvalue weighted by molar-refractivity contribution is 5.52. The zero-order chi connectivity index (χ0) is 13.6. The van der Waals surface area contributed by atoms with Crippen LogP contribution in [0, 0.1) is 0 Å². The summed E-state index contributed by atoms with van der Waals surface area (Å²) in [5.74, 6) is 2.62. The maximum Gasteiger partial charge on any atom is 0.231 e. The number of nitrogens with zero attached hydrogens (tertiary/aromatic N) is 1. The van der Waals surface area contributed by atoms with Crippen molar-refractivity contribution in [2.75, 3.05) is 33.0 Å². The quantitative estimate of drug-likeness (QED) is 0.878. The fraction of sp³-hybridized carbons (Fsp3) is 0.600. The van der Waals surface area contributed by atoms with Crippen molar-refractivity contribution in [3.63, 3.8) is 0 Å². The topological polar surface area (TPSA) is 57.0 Å².